The van der Waals surface area contributed by atoms with Crippen LogP contribution in [0.2, 0.25) is 0 Å². The van der Waals surface area contributed by atoms with Crippen LogP contribution in [0, 0.1) is 0 Å². The van der Waals surface area contributed by atoms with E-state index in [1.54, 1.807) is 24.3 Å². The Morgan fingerprint density at radius 2 is 1.79 bits per heavy atom. The van der Waals surface area contributed by atoms with Crippen LogP contribution in [-0.4, -0.2) is 45.4 Å². The van der Waals surface area contributed by atoms with Crippen LogP contribution in [0.5, 0.6) is 0 Å². The molecule has 0 radical (unpaired) electrons. The lowest BCUT2D eigenvalue weighted by molar-refractivity contribution is 0.520. The number of hydrogen-bond acceptors (Lipinski definition) is 3. The molecule has 24 heavy (non-hydrogen) atoms. The SMILES string of the molecule is CCNC(=NCc1ccc(S(=O)(=O)N(C)C)cc1)NC(C)CC.I. The smallest absolute Gasteiger partial charge is 0.242 e. The molecule has 0 aliphatic rings. The van der Waals surface area contributed by atoms with Gasteiger partial charge in [0.05, 0.1) is 11.4 Å². The third-order valence-corrected chi connectivity index (χ3v) is 5.29. The summed E-state index contributed by atoms with van der Waals surface area (Å²) in [6.07, 6.45) is 1.02. The Morgan fingerprint density at radius 1 is 1.21 bits per heavy atom. The molecule has 138 valence electrons. The summed E-state index contributed by atoms with van der Waals surface area (Å²) in [6, 6.07) is 7.18. The predicted octanol–water partition coefficient (Wildman–Crippen LogP) is 2.41. The van der Waals surface area contributed by atoms with Crippen LogP contribution in [0.25, 0.3) is 0 Å². The molecule has 1 aromatic carbocycles. The molecule has 0 saturated carbocycles. The summed E-state index contributed by atoms with van der Waals surface area (Å²) in [5.41, 5.74) is 0.962. The second-order valence-corrected chi connectivity index (χ2v) is 7.73. The first-order valence-corrected chi connectivity index (χ1v) is 9.31. The quantitative estimate of drug-likeness (QED) is 0.366. The minimum absolute atomic E-state index is 0. The molecular formula is C16H29IN4O2S. The first kappa shape index (κ1) is 23.1. The van der Waals surface area contributed by atoms with Crippen LogP contribution in [0.3, 0.4) is 0 Å². The topological polar surface area (TPSA) is 73.8 Å². The van der Waals surface area contributed by atoms with Crippen molar-refractivity contribution in [1.82, 2.24) is 14.9 Å². The van der Waals surface area contributed by atoms with Crippen molar-refractivity contribution >= 4 is 40.0 Å². The molecule has 1 rings (SSSR count). The van der Waals surface area contributed by atoms with E-state index < -0.39 is 10.0 Å². The summed E-state index contributed by atoms with van der Waals surface area (Å²) in [5, 5.41) is 6.53. The minimum atomic E-state index is -3.38. The number of aliphatic imine (C=N–C) groups is 1. The second-order valence-electron chi connectivity index (χ2n) is 5.58. The van der Waals surface area contributed by atoms with Gasteiger partial charge in [0.1, 0.15) is 0 Å². The number of guanidine groups is 1. The average Bonchev–Trinajstić information content (AvgIpc) is 2.52. The molecule has 0 bridgehead atoms. The van der Waals surface area contributed by atoms with E-state index in [-0.39, 0.29) is 24.0 Å². The number of nitrogens with zero attached hydrogens (tertiary/aromatic N) is 2. The molecule has 0 fully saturated rings. The fraction of sp³-hybridized carbons (Fsp3) is 0.562. The lowest BCUT2D eigenvalue weighted by atomic mass is 10.2. The van der Waals surface area contributed by atoms with Crippen LogP contribution in [0.1, 0.15) is 32.8 Å². The van der Waals surface area contributed by atoms with Crippen molar-refractivity contribution < 1.29 is 8.42 Å². The Bertz CT molecular complexity index is 615. The van der Waals surface area contributed by atoms with Gasteiger partial charge in [-0.1, -0.05) is 19.1 Å². The third-order valence-electron chi connectivity index (χ3n) is 3.46. The molecule has 0 amide bonds. The van der Waals surface area contributed by atoms with Gasteiger partial charge in [-0.2, -0.15) is 0 Å². The molecule has 1 aromatic rings. The molecule has 6 nitrogen and oxygen atoms in total. The van der Waals surface area contributed by atoms with Crippen molar-refractivity contribution in [3.05, 3.63) is 29.8 Å². The van der Waals surface area contributed by atoms with Crippen molar-refractivity contribution in [3.63, 3.8) is 0 Å². The van der Waals surface area contributed by atoms with Crippen molar-refractivity contribution in [3.8, 4) is 0 Å². The van der Waals surface area contributed by atoms with Gasteiger partial charge in [0, 0.05) is 26.7 Å². The number of rotatable bonds is 7. The monoisotopic (exact) mass is 468 g/mol. The average molecular weight is 468 g/mol. The van der Waals surface area contributed by atoms with Crippen molar-refractivity contribution in [2.75, 3.05) is 20.6 Å². The summed E-state index contributed by atoms with van der Waals surface area (Å²) in [4.78, 5) is 4.82. The number of nitrogens with one attached hydrogen (secondary N) is 2. The van der Waals surface area contributed by atoms with Crippen LogP contribution >= 0.6 is 24.0 Å². The third kappa shape index (κ3) is 6.94. The number of sulfonamides is 1. The summed E-state index contributed by atoms with van der Waals surface area (Å²) < 4.78 is 25.3. The molecule has 0 aliphatic carbocycles. The van der Waals surface area contributed by atoms with Crippen LogP contribution in [0.4, 0.5) is 0 Å². The Hall–Kier alpha value is -0.870. The number of benzene rings is 1. The van der Waals surface area contributed by atoms with E-state index >= 15 is 0 Å². The summed E-state index contributed by atoms with van der Waals surface area (Å²) in [5.74, 6) is 0.770. The molecule has 1 atom stereocenters. The second kappa shape index (κ2) is 10.9. The Morgan fingerprint density at radius 3 is 2.25 bits per heavy atom. The first-order valence-electron chi connectivity index (χ1n) is 7.87. The molecule has 0 saturated heterocycles. The standard InChI is InChI=1S/C16H28N4O2S.HI/c1-6-13(3)19-16(17-7-2)18-12-14-8-10-15(11-9-14)23(21,22)20(4)5;/h8-11,13H,6-7,12H2,1-5H3,(H2,17,18,19);1H. The van der Waals surface area contributed by atoms with Crippen LogP contribution in [0.15, 0.2) is 34.2 Å². The fourth-order valence-electron chi connectivity index (χ4n) is 1.80. The molecule has 2 N–H and O–H groups in total. The maximum absolute atomic E-state index is 12.0. The fourth-order valence-corrected chi connectivity index (χ4v) is 2.71. The minimum Gasteiger partial charge on any atom is -0.357 e. The van der Waals surface area contributed by atoms with E-state index in [0.717, 1.165) is 24.5 Å². The molecular weight excluding hydrogens is 439 g/mol. The number of hydrogen-bond donors (Lipinski definition) is 2. The Balaban J connectivity index is 0.00000529. The van der Waals surface area contributed by atoms with Crippen molar-refractivity contribution in [2.45, 2.75) is 44.7 Å². The zero-order valence-electron chi connectivity index (χ0n) is 15.0. The van der Waals surface area contributed by atoms with Crippen molar-refractivity contribution in [2.24, 2.45) is 4.99 Å². The highest BCUT2D eigenvalue weighted by Crippen LogP contribution is 2.14. The Kier molecular flexibility index (Phi) is 10.5. The van der Waals surface area contributed by atoms with Gasteiger partial charge in [0.2, 0.25) is 10.0 Å². The van der Waals surface area contributed by atoms with E-state index in [0.29, 0.717) is 17.5 Å². The predicted molar refractivity (Wildman–Crippen MR) is 110 cm³/mol. The zero-order chi connectivity index (χ0) is 17.5. The molecule has 1 unspecified atom stereocenters. The van der Waals surface area contributed by atoms with Gasteiger partial charge < -0.3 is 10.6 Å². The van der Waals surface area contributed by atoms with Gasteiger partial charge in [0.25, 0.3) is 0 Å². The molecule has 0 aliphatic heterocycles. The lowest BCUT2D eigenvalue weighted by Gasteiger charge is -2.16. The maximum Gasteiger partial charge on any atom is 0.242 e. The summed E-state index contributed by atoms with van der Waals surface area (Å²) >= 11 is 0. The highest BCUT2D eigenvalue weighted by molar-refractivity contribution is 14.0. The molecule has 8 heteroatoms. The van der Waals surface area contributed by atoms with Gasteiger partial charge in [-0.15, -0.1) is 24.0 Å². The number of halogens is 1. The van der Waals surface area contributed by atoms with E-state index in [4.69, 9.17) is 0 Å². The van der Waals surface area contributed by atoms with Crippen molar-refractivity contribution in [1.29, 1.82) is 0 Å². The van der Waals surface area contributed by atoms with Gasteiger partial charge in [-0.25, -0.2) is 17.7 Å². The van der Waals surface area contributed by atoms with Gasteiger partial charge in [0.15, 0.2) is 5.96 Å². The van der Waals surface area contributed by atoms with E-state index in [1.807, 2.05) is 6.92 Å². The van der Waals surface area contributed by atoms with E-state index in [9.17, 15) is 8.42 Å². The lowest BCUT2D eigenvalue weighted by Crippen LogP contribution is -2.41. The summed E-state index contributed by atoms with van der Waals surface area (Å²) in [6.45, 7) is 7.53. The van der Waals surface area contributed by atoms with E-state index in [1.165, 1.54) is 18.4 Å². The first-order chi connectivity index (χ1) is 10.8. The van der Waals surface area contributed by atoms with E-state index in [2.05, 4.69) is 29.5 Å². The normalized spacial score (nSPS) is 13.3. The Labute approximate surface area is 163 Å². The van der Waals surface area contributed by atoms with Gasteiger partial charge >= 0.3 is 0 Å². The molecule has 0 spiro atoms. The largest absolute Gasteiger partial charge is 0.357 e. The summed E-state index contributed by atoms with van der Waals surface area (Å²) in [7, 11) is -0.331. The highest BCUT2D eigenvalue weighted by atomic mass is 127. The highest BCUT2D eigenvalue weighted by Gasteiger charge is 2.16. The molecule has 0 heterocycles. The maximum atomic E-state index is 12.0. The van der Waals surface area contributed by atoms with Crippen LogP contribution < -0.4 is 10.6 Å². The zero-order valence-corrected chi connectivity index (χ0v) is 18.2. The van der Waals surface area contributed by atoms with Gasteiger partial charge in [-0.3, -0.25) is 0 Å². The molecule has 0 aromatic heterocycles. The van der Waals surface area contributed by atoms with Gasteiger partial charge in [-0.05, 0) is 38.0 Å². The van der Waals surface area contributed by atoms with Crippen LogP contribution in [-0.2, 0) is 16.6 Å².